The van der Waals surface area contributed by atoms with Crippen LogP contribution in [0.15, 0.2) is 36.5 Å². The fraction of sp³-hybridized carbons (Fsp3) is 0.353. The molecular formula is C17H22N4O4. The summed E-state index contributed by atoms with van der Waals surface area (Å²) in [6.45, 7) is 1.81. The van der Waals surface area contributed by atoms with E-state index < -0.39 is 0 Å². The second-order valence-electron chi connectivity index (χ2n) is 4.96. The molecule has 2 rings (SSSR count). The third kappa shape index (κ3) is 6.27. The molecule has 0 aliphatic carbocycles. The first-order valence-electron chi connectivity index (χ1n) is 7.84. The van der Waals surface area contributed by atoms with Gasteiger partial charge < -0.3 is 24.8 Å². The van der Waals surface area contributed by atoms with E-state index in [0.29, 0.717) is 43.7 Å². The predicted octanol–water partition coefficient (Wildman–Crippen LogP) is 1.35. The molecule has 8 heteroatoms. The van der Waals surface area contributed by atoms with Crippen molar-refractivity contribution in [1.29, 1.82) is 0 Å². The lowest BCUT2D eigenvalue weighted by atomic mass is 10.3. The lowest BCUT2D eigenvalue weighted by Gasteiger charge is -2.09. The minimum Gasteiger partial charge on any atom is -0.497 e. The third-order valence-corrected chi connectivity index (χ3v) is 3.19. The van der Waals surface area contributed by atoms with E-state index in [-0.39, 0.29) is 5.91 Å². The van der Waals surface area contributed by atoms with Crippen molar-refractivity contribution in [1.82, 2.24) is 15.3 Å². The maximum atomic E-state index is 12.1. The van der Waals surface area contributed by atoms with Crippen LogP contribution >= 0.6 is 0 Å². The highest BCUT2D eigenvalue weighted by molar-refractivity contribution is 5.92. The number of carbonyl (C=O) groups is 1. The number of aromatic nitrogens is 2. The maximum absolute atomic E-state index is 12.1. The zero-order chi connectivity index (χ0) is 17.9. The summed E-state index contributed by atoms with van der Waals surface area (Å²) in [6.07, 6.45) is 1.53. The molecule has 0 radical (unpaired) electrons. The Hall–Kier alpha value is -2.87. The normalized spacial score (nSPS) is 10.2. The van der Waals surface area contributed by atoms with E-state index in [4.69, 9.17) is 14.2 Å². The fourth-order valence-electron chi connectivity index (χ4n) is 1.93. The van der Waals surface area contributed by atoms with Gasteiger partial charge in [0.25, 0.3) is 5.91 Å². The fourth-order valence-corrected chi connectivity index (χ4v) is 1.93. The second-order valence-corrected chi connectivity index (χ2v) is 4.96. The zero-order valence-corrected chi connectivity index (χ0v) is 14.3. The summed E-state index contributed by atoms with van der Waals surface area (Å²) in [7, 11) is 3.22. The minimum absolute atomic E-state index is 0.282. The van der Waals surface area contributed by atoms with E-state index in [1.54, 1.807) is 20.3 Å². The van der Waals surface area contributed by atoms with Crippen molar-refractivity contribution in [2.75, 3.05) is 45.8 Å². The summed E-state index contributed by atoms with van der Waals surface area (Å²) >= 11 is 0. The van der Waals surface area contributed by atoms with Crippen LogP contribution in [0.3, 0.4) is 0 Å². The van der Waals surface area contributed by atoms with Crippen LogP contribution in [0.5, 0.6) is 11.5 Å². The lowest BCUT2D eigenvalue weighted by Crippen LogP contribution is -2.29. The molecule has 0 aliphatic heterocycles. The van der Waals surface area contributed by atoms with Crippen molar-refractivity contribution in [3.8, 4) is 11.5 Å². The number of carbonyl (C=O) groups excluding carboxylic acids is 1. The average molecular weight is 346 g/mol. The van der Waals surface area contributed by atoms with Gasteiger partial charge in [0.15, 0.2) is 0 Å². The smallest absolute Gasteiger partial charge is 0.270 e. The van der Waals surface area contributed by atoms with Crippen LogP contribution in [0.2, 0.25) is 0 Å². The highest BCUT2D eigenvalue weighted by Gasteiger charge is 2.08. The van der Waals surface area contributed by atoms with Gasteiger partial charge in [-0.15, -0.1) is 0 Å². The molecule has 0 saturated carbocycles. The number of ether oxygens (including phenoxy) is 3. The first kappa shape index (κ1) is 18.5. The molecule has 2 N–H and O–H groups in total. The number of nitrogens with one attached hydrogen (secondary N) is 2. The van der Waals surface area contributed by atoms with Crippen LogP contribution in [0.1, 0.15) is 10.5 Å². The molecule has 0 spiro atoms. The van der Waals surface area contributed by atoms with Crippen LogP contribution in [-0.4, -0.2) is 56.4 Å². The van der Waals surface area contributed by atoms with Gasteiger partial charge in [-0.2, -0.15) is 0 Å². The largest absolute Gasteiger partial charge is 0.497 e. The highest BCUT2D eigenvalue weighted by Crippen LogP contribution is 2.16. The van der Waals surface area contributed by atoms with E-state index >= 15 is 0 Å². The number of nitrogens with zero attached hydrogens (tertiary/aromatic N) is 2. The summed E-state index contributed by atoms with van der Waals surface area (Å²) < 4.78 is 15.6. The number of amides is 1. The quantitative estimate of drug-likeness (QED) is 0.627. The van der Waals surface area contributed by atoms with Crippen LogP contribution in [0.25, 0.3) is 0 Å². The Kier molecular flexibility index (Phi) is 7.45. The van der Waals surface area contributed by atoms with Gasteiger partial charge >= 0.3 is 0 Å². The standard InChI is InChI=1S/C17H22N4O4/c1-23-11-9-20-17-19-8-7-15(21-17)16(22)18-10-12-25-14-5-3-13(24-2)4-6-14/h3-8H,9-12H2,1-2H3,(H,18,22)(H,19,20,21). The Labute approximate surface area is 146 Å². The molecule has 1 aromatic heterocycles. The van der Waals surface area contributed by atoms with E-state index in [1.165, 1.54) is 6.20 Å². The second kappa shape index (κ2) is 10.1. The number of hydrogen-bond donors (Lipinski definition) is 2. The first-order chi connectivity index (χ1) is 12.2. The Morgan fingerprint density at radius 1 is 1.04 bits per heavy atom. The highest BCUT2D eigenvalue weighted by atomic mass is 16.5. The van der Waals surface area contributed by atoms with E-state index in [9.17, 15) is 4.79 Å². The average Bonchev–Trinajstić information content (AvgIpc) is 2.66. The SMILES string of the molecule is COCCNc1nccc(C(=O)NCCOc2ccc(OC)cc2)n1. The van der Waals surface area contributed by atoms with Crippen LogP contribution in [-0.2, 0) is 4.74 Å². The molecule has 1 heterocycles. The molecule has 1 amide bonds. The molecule has 134 valence electrons. The van der Waals surface area contributed by atoms with Gasteiger partial charge in [-0.05, 0) is 30.3 Å². The molecule has 0 unspecified atom stereocenters. The lowest BCUT2D eigenvalue weighted by molar-refractivity contribution is 0.0942. The van der Waals surface area contributed by atoms with E-state index in [1.807, 2.05) is 24.3 Å². The van der Waals surface area contributed by atoms with Crippen molar-refractivity contribution in [3.05, 3.63) is 42.2 Å². The molecular weight excluding hydrogens is 324 g/mol. The summed E-state index contributed by atoms with van der Waals surface area (Å²) in [5, 5.41) is 5.73. The summed E-state index contributed by atoms with van der Waals surface area (Å²) in [4.78, 5) is 20.3. The van der Waals surface area contributed by atoms with E-state index in [2.05, 4.69) is 20.6 Å². The molecule has 0 bridgehead atoms. The third-order valence-electron chi connectivity index (χ3n) is 3.19. The van der Waals surface area contributed by atoms with Crippen molar-refractivity contribution in [2.24, 2.45) is 0 Å². The Balaban J connectivity index is 1.74. The predicted molar refractivity (Wildman–Crippen MR) is 93.2 cm³/mol. The topological polar surface area (TPSA) is 94.6 Å². The van der Waals surface area contributed by atoms with Gasteiger partial charge in [0, 0.05) is 19.9 Å². The summed E-state index contributed by atoms with van der Waals surface area (Å²) in [5.74, 6) is 1.58. The van der Waals surface area contributed by atoms with Gasteiger partial charge in [-0.1, -0.05) is 0 Å². The minimum atomic E-state index is -0.282. The zero-order valence-electron chi connectivity index (χ0n) is 14.3. The number of hydrogen-bond acceptors (Lipinski definition) is 7. The Bertz CT molecular complexity index is 664. The molecule has 8 nitrogen and oxygen atoms in total. The molecule has 0 atom stereocenters. The van der Waals surface area contributed by atoms with Gasteiger partial charge in [0.2, 0.25) is 5.95 Å². The molecule has 2 aromatic rings. The molecule has 25 heavy (non-hydrogen) atoms. The molecule has 0 saturated heterocycles. The van der Waals surface area contributed by atoms with Gasteiger partial charge in [0.05, 0.1) is 20.3 Å². The van der Waals surface area contributed by atoms with E-state index in [0.717, 1.165) is 5.75 Å². The van der Waals surface area contributed by atoms with Gasteiger partial charge in [-0.25, -0.2) is 9.97 Å². The number of benzene rings is 1. The number of rotatable bonds is 10. The molecule has 0 aliphatic rings. The summed E-state index contributed by atoms with van der Waals surface area (Å²) in [6, 6.07) is 8.80. The van der Waals surface area contributed by atoms with Crippen LogP contribution < -0.4 is 20.1 Å². The summed E-state index contributed by atoms with van der Waals surface area (Å²) in [5.41, 5.74) is 0.291. The Morgan fingerprint density at radius 3 is 2.52 bits per heavy atom. The van der Waals surface area contributed by atoms with Crippen LogP contribution in [0.4, 0.5) is 5.95 Å². The monoisotopic (exact) mass is 346 g/mol. The number of anilines is 1. The van der Waals surface area contributed by atoms with Crippen LogP contribution in [0, 0.1) is 0 Å². The van der Waals surface area contributed by atoms with Gasteiger partial charge in [0.1, 0.15) is 23.8 Å². The van der Waals surface area contributed by atoms with Crippen molar-refractivity contribution in [3.63, 3.8) is 0 Å². The first-order valence-corrected chi connectivity index (χ1v) is 7.84. The van der Waals surface area contributed by atoms with Crippen molar-refractivity contribution < 1.29 is 19.0 Å². The number of methoxy groups -OCH3 is 2. The van der Waals surface area contributed by atoms with Crippen molar-refractivity contribution in [2.45, 2.75) is 0 Å². The van der Waals surface area contributed by atoms with Gasteiger partial charge in [-0.3, -0.25) is 4.79 Å². The van der Waals surface area contributed by atoms with Crippen molar-refractivity contribution >= 4 is 11.9 Å². The molecule has 0 fully saturated rings. The molecule has 1 aromatic carbocycles. The maximum Gasteiger partial charge on any atom is 0.270 e. The Morgan fingerprint density at radius 2 is 1.80 bits per heavy atom.